The van der Waals surface area contributed by atoms with E-state index < -0.39 is 24.0 Å². The number of alkyl halides is 2. The van der Waals surface area contributed by atoms with Gasteiger partial charge in [-0.1, -0.05) is 25.1 Å². The molecule has 5 rings (SSSR count). The van der Waals surface area contributed by atoms with E-state index in [1.54, 1.807) is 28.2 Å². The van der Waals surface area contributed by atoms with E-state index in [0.29, 0.717) is 5.82 Å². The maximum atomic E-state index is 14.5. The van der Waals surface area contributed by atoms with Crippen molar-refractivity contribution in [2.24, 2.45) is 0 Å². The van der Waals surface area contributed by atoms with Gasteiger partial charge in [0.05, 0.1) is 24.9 Å². The number of para-hydroxylation sites is 1. The highest BCUT2D eigenvalue weighted by molar-refractivity contribution is 6.09. The summed E-state index contributed by atoms with van der Waals surface area (Å²) in [6.45, 7) is 5.24. The smallest absolute Gasteiger partial charge is 0.410 e. The average Bonchev–Trinajstić information content (AvgIpc) is 3.25. The number of imidazole rings is 1. The summed E-state index contributed by atoms with van der Waals surface area (Å²) < 4.78 is 36.0. The van der Waals surface area contributed by atoms with Gasteiger partial charge in [0.1, 0.15) is 11.2 Å². The second kappa shape index (κ2) is 8.60. The topological polar surface area (TPSA) is 67.7 Å². The number of hydrogen-bond donors (Lipinski definition) is 0. The van der Waals surface area contributed by atoms with Crippen LogP contribution >= 0.6 is 0 Å². The van der Waals surface area contributed by atoms with Gasteiger partial charge < -0.3 is 19.1 Å². The minimum atomic E-state index is -2.85. The lowest BCUT2D eigenvalue weighted by atomic mass is 9.75. The van der Waals surface area contributed by atoms with Crippen LogP contribution in [0, 0.1) is 0 Å². The molecule has 9 heteroatoms. The van der Waals surface area contributed by atoms with Crippen LogP contribution in [0.3, 0.4) is 0 Å². The van der Waals surface area contributed by atoms with Gasteiger partial charge in [0.2, 0.25) is 5.91 Å². The predicted octanol–water partition coefficient (Wildman–Crippen LogP) is 4.45. The molecule has 2 aromatic rings. The molecular weight excluding hydrogens is 454 g/mol. The summed E-state index contributed by atoms with van der Waals surface area (Å²) >= 11 is 0. The Balaban J connectivity index is 1.46. The number of aromatic nitrogens is 2. The monoisotopic (exact) mass is 486 g/mol. The quantitative estimate of drug-likeness (QED) is 0.605. The number of anilines is 1. The lowest BCUT2D eigenvalue weighted by Gasteiger charge is -2.46. The Morgan fingerprint density at radius 3 is 2.63 bits per heavy atom. The summed E-state index contributed by atoms with van der Waals surface area (Å²) in [6.07, 6.45) is 2.51. The van der Waals surface area contributed by atoms with E-state index in [1.807, 2.05) is 24.3 Å². The first-order chi connectivity index (χ1) is 16.6. The molecule has 3 heterocycles. The summed E-state index contributed by atoms with van der Waals surface area (Å²) in [5.41, 5.74) is 2.53. The van der Waals surface area contributed by atoms with Crippen LogP contribution in [0.5, 0.6) is 0 Å². The molecule has 1 aromatic heterocycles. The predicted molar refractivity (Wildman–Crippen MR) is 127 cm³/mol. The zero-order valence-corrected chi connectivity index (χ0v) is 20.5. The van der Waals surface area contributed by atoms with Gasteiger partial charge >= 0.3 is 6.09 Å². The van der Waals surface area contributed by atoms with Crippen molar-refractivity contribution in [3.63, 3.8) is 0 Å². The number of amides is 2. The summed E-state index contributed by atoms with van der Waals surface area (Å²) in [4.78, 5) is 34.2. The van der Waals surface area contributed by atoms with E-state index >= 15 is 0 Å². The number of carbonyl (C=O) groups is 2. The van der Waals surface area contributed by atoms with Crippen LogP contribution in [0.25, 0.3) is 0 Å². The zero-order chi connectivity index (χ0) is 25.0. The molecule has 0 saturated carbocycles. The van der Waals surface area contributed by atoms with Gasteiger partial charge in [-0.05, 0) is 51.2 Å². The molecule has 188 valence electrons. The normalized spacial score (nSPS) is 18.6. The van der Waals surface area contributed by atoms with Crippen LogP contribution in [-0.2, 0) is 40.9 Å². The maximum absolute atomic E-state index is 14.5. The van der Waals surface area contributed by atoms with Crippen LogP contribution in [0.1, 0.15) is 62.8 Å². The van der Waals surface area contributed by atoms with Crippen molar-refractivity contribution >= 4 is 17.7 Å². The van der Waals surface area contributed by atoms with E-state index in [2.05, 4.69) is 0 Å². The van der Waals surface area contributed by atoms with Crippen molar-refractivity contribution in [3.05, 3.63) is 47.0 Å². The first kappa shape index (κ1) is 23.8. The number of fused-ring (bicyclic) bond motifs is 3. The molecule has 0 N–H and O–H groups in total. The van der Waals surface area contributed by atoms with E-state index in [9.17, 15) is 18.4 Å². The minimum Gasteiger partial charge on any atom is -0.447 e. The minimum absolute atomic E-state index is 0.123. The van der Waals surface area contributed by atoms with Crippen molar-refractivity contribution in [2.75, 3.05) is 18.0 Å². The molecule has 0 atom stereocenters. The largest absolute Gasteiger partial charge is 0.447 e. The van der Waals surface area contributed by atoms with E-state index in [0.717, 1.165) is 48.3 Å². The summed E-state index contributed by atoms with van der Waals surface area (Å²) in [5, 5.41) is 0. The third kappa shape index (κ3) is 3.98. The third-order valence-electron chi connectivity index (χ3n) is 7.40. The Morgan fingerprint density at radius 2 is 1.91 bits per heavy atom. The number of benzene rings is 1. The average molecular weight is 487 g/mol. The van der Waals surface area contributed by atoms with Crippen molar-refractivity contribution < 1.29 is 23.1 Å². The van der Waals surface area contributed by atoms with Crippen molar-refractivity contribution in [1.82, 2.24) is 14.5 Å². The van der Waals surface area contributed by atoms with Gasteiger partial charge in [-0.15, -0.1) is 0 Å². The second-order valence-corrected chi connectivity index (χ2v) is 10.2. The van der Waals surface area contributed by atoms with E-state index in [-0.39, 0.29) is 38.1 Å². The Bertz CT molecular complexity index is 1150. The molecule has 2 amide bonds. The Labute approximate surface area is 204 Å². The first-order valence-electron chi connectivity index (χ1n) is 12.5. The SMILES string of the molecule is CCC(F)(F)Cn1c(CN2C(=O)C3(CN(C(=O)OC(C)C)C3)c3ccccc32)nc2c1CCCC2. The molecule has 1 saturated heterocycles. The number of halogens is 2. The standard InChI is InChI=1S/C26H32F2N4O3/c1-4-26(27,28)16-32-21-12-8-6-10-19(21)29-22(32)13-31-20-11-7-5-9-18(20)25(23(31)33)14-30(15-25)24(34)35-17(2)3/h5,7,9,11,17H,4,6,8,10,12-16H2,1-3H3. The highest BCUT2D eigenvalue weighted by Crippen LogP contribution is 2.48. The maximum Gasteiger partial charge on any atom is 0.410 e. The number of likely N-dealkylation sites (tertiary alicyclic amines) is 1. The number of hydrogen-bond acceptors (Lipinski definition) is 4. The summed E-state index contributed by atoms with van der Waals surface area (Å²) in [6, 6.07) is 7.55. The first-order valence-corrected chi connectivity index (χ1v) is 12.5. The molecular formula is C26H32F2N4O3. The van der Waals surface area contributed by atoms with Crippen LogP contribution in [0.4, 0.5) is 19.3 Å². The van der Waals surface area contributed by atoms with Crippen LogP contribution in [-0.4, -0.2) is 51.6 Å². The van der Waals surface area contributed by atoms with Gasteiger partial charge in [-0.2, -0.15) is 0 Å². The molecule has 7 nitrogen and oxygen atoms in total. The number of ether oxygens (including phenoxy) is 1. The van der Waals surface area contributed by atoms with Crippen LogP contribution < -0.4 is 4.90 Å². The van der Waals surface area contributed by atoms with Crippen LogP contribution in [0.15, 0.2) is 24.3 Å². The van der Waals surface area contributed by atoms with Gasteiger partial charge in [0.15, 0.2) is 0 Å². The molecule has 0 bridgehead atoms. The molecule has 1 aromatic carbocycles. The fraction of sp³-hybridized carbons (Fsp3) is 0.577. The van der Waals surface area contributed by atoms with Gasteiger partial charge in [0.25, 0.3) is 5.92 Å². The van der Waals surface area contributed by atoms with Gasteiger partial charge in [-0.3, -0.25) is 4.79 Å². The second-order valence-electron chi connectivity index (χ2n) is 10.2. The Hall–Kier alpha value is -2.97. The molecule has 1 spiro atoms. The molecule has 0 unspecified atom stereocenters. The molecule has 1 fully saturated rings. The highest BCUT2D eigenvalue weighted by atomic mass is 19.3. The van der Waals surface area contributed by atoms with Crippen molar-refractivity contribution in [3.8, 4) is 0 Å². The van der Waals surface area contributed by atoms with Gasteiger partial charge in [0, 0.05) is 30.9 Å². The molecule has 0 radical (unpaired) electrons. The zero-order valence-electron chi connectivity index (χ0n) is 20.5. The molecule has 35 heavy (non-hydrogen) atoms. The lowest BCUT2D eigenvalue weighted by Crippen LogP contribution is -2.65. The summed E-state index contributed by atoms with van der Waals surface area (Å²) in [7, 11) is 0. The number of rotatable bonds is 6. The Kier molecular flexibility index (Phi) is 5.84. The van der Waals surface area contributed by atoms with E-state index in [1.165, 1.54) is 6.92 Å². The Morgan fingerprint density at radius 1 is 1.20 bits per heavy atom. The number of carbonyl (C=O) groups excluding carboxylic acids is 2. The number of aryl methyl sites for hydroxylation is 1. The van der Waals surface area contributed by atoms with Crippen molar-refractivity contribution in [2.45, 2.75) is 83.4 Å². The third-order valence-corrected chi connectivity index (χ3v) is 7.40. The molecule has 1 aliphatic carbocycles. The van der Waals surface area contributed by atoms with Crippen molar-refractivity contribution in [1.29, 1.82) is 0 Å². The number of nitrogens with zero attached hydrogens (tertiary/aromatic N) is 4. The fourth-order valence-corrected chi connectivity index (χ4v) is 5.52. The molecule has 2 aliphatic heterocycles. The lowest BCUT2D eigenvalue weighted by molar-refractivity contribution is -0.128. The van der Waals surface area contributed by atoms with E-state index in [4.69, 9.17) is 9.72 Å². The van der Waals surface area contributed by atoms with Crippen LogP contribution in [0.2, 0.25) is 0 Å². The van der Waals surface area contributed by atoms with Gasteiger partial charge in [-0.25, -0.2) is 18.6 Å². The summed E-state index contributed by atoms with van der Waals surface area (Å²) in [5.74, 6) is -2.47. The fourth-order valence-electron chi connectivity index (χ4n) is 5.52. The highest BCUT2D eigenvalue weighted by Gasteiger charge is 2.59. The molecule has 3 aliphatic rings.